The molecule has 0 saturated heterocycles. The highest BCUT2D eigenvalue weighted by Gasteiger charge is 2.24. The van der Waals surface area contributed by atoms with E-state index in [9.17, 15) is 10.1 Å². The first-order valence-electron chi connectivity index (χ1n) is 5.47. The van der Waals surface area contributed by atoms with Crippen LogP contribution in [-0.2, 0) is 0 Å². The Bertz CT molecular complexity index is 663. The first kappa shape index (κ1) is 15.0. The van der Waals surface area contributed by atoms with E-state index in [0.717, 1.165) is 3.57 Å². The molecule has 0 bridgehead atoms. The second kappa shape index (κ2) is 6.40. The van der Waals surface area contributed by atoms with Gasteiger partial charge in [-0.15, -0.1) is 0 Å². The average molecular weight is 450 g/mol. The number of nitro benzene ring substituents is 1. The fraction of sp³-hybridized carbons (Fsp3) is 0.0769. The molecule has 0 amide bonds. The van der Waals surface area contributed by atoms with Crippen molar-refractivity contribution in [3.63, 3.8) is 0 Å². The number of halogens is 2. The molecule has 20 heavy (non-hydrogen) atoms. The number of benzene rings is 2. The highest BCUT2D eigenvalue weighted by Crippen LogP contribution is 2.42. The molecule has 2 aromatic rings. The zero-order chi connectivity index (χ0) is 14.7. The number of ether oxygens (including phenoxy) is 2. The quantitative estimate of drug-likeness (QED) is 0.383. The number of nitro groups is 1. The van der Waals surface area contributed by atoms with Crippen LogP contribution < -0.4 is 9.47 Å². The molecule has 0 spiro atoms. The molecular formula is C13H9BrINO4. The third-order valence-corrected chi connectivity index (χ3v) is 3.81. The van der Waals surface area contributed by atoms with Crippen molar-refractivity contribution in [2.45, 2.75) is 0 Å². The molecule has 0 radical (unpaired) electrons. The lowest BCUT2D eigenvalue weighted by atomic mass is 10.2. The van der Waals surface area contributed by atoms with Crippen LogP contribution in [0.2, 0.25) is 0 Å². The Labute approximate surface area is 137 Å². The number of hydrogen-bond donors (Lipinski definition) is 0. The number of hydrogen-bond acceptors (Lipinski definition) is 4. The summed E-state index contributed by atoms with van der Waals surface area (Å²) in [6, 6.07) is 10.4. The largest absolute Gasteiger partial charge is 0.490 e. The molecule has 5 nitrogen and oxygen atoms in total. The van der Waals surface area contributed by atoms with E-state index < -0.39 is 4.92 Å². The smallest absolute Gasteiger partial charge is 0.353 e. The van der Waals surface area contributed by atoms with Crippen LogP contribution in [0, 0.1) is 13.7 Å². The van der Waals surface area contributed by atoms with Crippen LogP contribution in [0.25, 0.3) is 0 Å². The van der Waals surface area contributed by atoms with Gasteiger partial charge in [0.2, 0.25) is 11.5 Å². The van der Waals surface area contributed by atoms with E-state index in [0.29, 0.717) is 10.2 Å². The zero-order valence-corrected chi connectivity index (χ0v) is 14.0. The van der Waals surface area contributed by atoms with E-state index in [-0.39, 0.29) is 17.2 Å². The van der Waals surface area contributed by atoms with E-state index in [1.54, 1.807) is 18.2 Å². The molecule has 104 valence electrons. The second-order valence-corrected chi connectivity index (χ2v) is 5.82. The van der Waals surface area contributed by atoms with E-state index in [1.165, 1.54) is 13.2 Å². The van der Waals surface area contributed by atoms with Crippen LogP contribution in [0.3, 0.4) is 0 Å². The van der Waals surface area contributed by atoms with Gasteiger partial charge in [0.25, 0.3) is 0 Å². The minimum atomic E-state index is -0.517. The Kier molecular flexibility index (Phi) is 4.81. The van der Waals surface area contributed by atoms with E-state index >= 15 is 0 Å². The van der Waals surface area contributed by atoms with Crippen LogP contribution in [0.5, 0.6) is 17.2 Å². The number of para-hydroxylation sites is 1. The highest BCUT2D eigenvalue weighted by atomic mass is 127. The maximum absolute atomic E-state index is 11.2. The predicted octanol–water partition coefficient (Wildman–Crippen LogP) is 4.76. The molecule has 0 atom stereocenters. The first-order chi connectivity index (χ1) is 9.52. The van der Waals surface area contributed by atoms with Crippen LogP contribution >= 0.6 is 38.5 Å². The van der Waals surface area contributed by atoms with Crippen LogP contribution in [0.4, 0.5) is 5.69 Å². The lowest BCUT2D eigenvalue weighted by Crippen LogP contribution is -1.98. The van der Waals surface area contributed by atoms with Crippen molar-refractivity contribution in [1.29, 1.82) is 0 Å². The van der Waals surface area contributed by atoms with Crippen molar-refractivity contribution in [1.82, 2.24) is 0 Å². The van der Waals surface area contributed by atoms with Gasteiger partial charge in [-0.2, -0.15) is 0 Å². The van der Waals surface area contributed by atoms with Gasteiger partial charge in [-0.25, -0.2) is 0 Å². The normalized spacial score (nSPS) is 10.2. The van der Waals surface area contributed by atoms with Crippen molar-refractivity contribution in [3.05, 3.63) is 54.6 Å². The summed E-state index contributed by atoms with van der Waals surface area (Å²) in [7, 11) is 1.38. The molecule has 0 aromatic heterocycles. The molecule has 2 rings (SSSR count). The van der Waals surface area contributed by atoms with Crippen LogP contribution in [0.1, 0.15) is 0 Å². The topological polar surface area (TPSA) is 61.6 Å². The van der Waals surface area contributed by atoms with Crippen molar-refractivity contribution < 1.29 is 14.4 Å². The van der Waals surface area contributed by atoms with E-state index in [2.05, 4.69) is 38.5 Å². The summed E-state index contributed by atoms with van der Waals surface area (Å²) in [4.78, 5) is 10.7. The van der Waals surface area contributed by atoms with Gasteiger partial charge in [0, 0.05) is 16.6 Å². The van der Waals surface area contributed by atoms with Gasteiger partial charge >= 0.3 is 5.69 Å². The van der Waals surface area contributed by atoms with Gasteiger partial charge in [-0.1, -0.05) is 28.1 Å². The summed E-state index contributed by atoms with van der Waals surface area (Å²) < 4.78 is 12.2. The third kappa shape index (κ3) is 3.21. The second-order valence-electron chi connectivity index (χ2n) is 3.74. The van der Waals surface area contributed by atoms with Gasteiger partial charge in [0.05, 0.1) is 15.6 Å². The van der Waals surface area contributed by atoms with Crippen molar-refractivity contribution in [2.24, 2.45) is 0 Å². The zero-order valence-electron chi connectivity index (χ0n) is 10.3. The maximum atomic E-state index is 11.2. The van der Waals surface area contributed by atoms with Crippen LogP contribution in [-0.4, -0.2) is 12.0 Å². The van der Waals surface area contributed by atoms with E-state index in [1.807, 2.05) is 12.1 Å². The van der Waals surface area contributed by atoms with Gasteiger partial charge in [-0.3, -0.25) is 10.1 Å². The molecule has 0 heterocycles. The van der Waals surface area contributed by atoms with Crippen molar-refractivity contribution in [2.75, 3.05) is 7.11 Å². The first-order valence-corrected chi connectivity index (χ1v) is 7.34. The summed E-state index contributed by atoms with van der Waals surface area (Å²) >= 11 is 5.39. The number of methoxy groups -OCH3 is 1. The summed E-state index contributed by atoms with van der Waals surface area (Å²) in [6.07, 6.45) is 0. The predicted molar refractivity (Wildman–Crippen MR) is 86.6 cm³/mol. The van der Waals surface area contributed by atoms with Crippen molar-refractivity contribution in [3.8, 4) is 17.2 Å². The number of rotatable bonds is 4. The Morgan fingerprint density at radius 1 is 1.20 bits per heavy atom. The van der Waals surface area contributed by atoms with Gasteiger partial charge < -0.3 is 9.47 Å². The fourth-order valence-corrected chi connectivity index (χ4v) is 2.52. The average Bonchev–Trinajstić information content (AvgIpc) is 2.40. The molecule has 0 aliphatic rings. The van der Waals surface area contributed by atoms with Gasteiger partial charge in [0.1, 0.15) is 5.75 Å². The lowest BCUT2D eigenvalue weighted by molar-refractivity contribution is -0.386. The van der Waals surface area contributed by atoms with Gasteiger partial charge in [-0.05, 0) is 34.7 Å². The van der Waals surface area contributed by atoms with E-state index in [4.69, 9.17) is 9.47 Å². The summed E-state index contributed by atoms with van der Waals surface area (Å²) in [5.41, 5.74) is -0.199. The summed E-state index contributed by atoms with van der Waals surface area (Å²) in [5, 5.41) is 11.2. The standard InChI is InChI=1S/C13H9BrINO4/c1-19-11-6-8(14)7-12(13(11)16(17)18)20-10-5-3-2-4-9(10)15/h2-7H,1H3. The van der Waals surface area contributed by atoms with Crippen molar-refractivity contribution >= 4 is 44.2 Å². The Hall–Kier alpha value is -1.35. The SMILES string of the molecule is COc1cc(Br)cc(Oc2ccccc2I)c1[N+](=O)[O-]. The third-order valence-electron chi connectivity index (χ3n) is 2.46. The monoisotopic (exact) mass is 449 g/mol. The molecule has 0 aliphatic heterocycles. The minimum Gasteiger partial charge on any atom is -0.490 e. The molecule has 0 fully saturated rings. The summed E-state index contributed by atoms with van der Waals surface area (Å²) in [6.45, 7) is 0. The maximum Gasteiger partial charge on any atom is 0.353 e. The molecule has 0 N–H and O–H groups in total. The molecular weight excluding hydrogens is 441 g/mol. The lowest BCUT2D eigenvalue weighted by Gasteiger charge is -2.10. The summed E-state index contributed by atoms with van der Waals surface area (Å²) in [5.74, 6) is 0.826. The number of nitrogens with zero attached hydrogens (tertiary/aromatic N) is 1. The highest BCUT2D eigenvalue weighted by molar-refractivity contribution is 14.1. The minimum absolute atomic E-state index is 0.130. The molecule has 2 aromatic carbocycles. The van der Waals surface area contributed by atoms with Crippen LogP contribution in [0.15, 0.2) is 40.9 Å². The molecule has 0 saturated carbocycles. The molecule has 0 aliphatic carbocycles. The Balaban J connectivity index is 2.53. The Morgan fingerprint density at radius 3 is 2.45 bits per heavy atom. The van der Waals surface area contributed by atoms with Gasteiger partial charge in [0.15, 0.2) is 0 Å². The fourth-order valence-electron chi connectivity index (χ4n) is 1.61. The molecule has 7 heteroatoms. The Morgan fingerprint density at radius 2 is 1.85 bits per heavy atom. The molecule has 0 unspecified atom stereocenters.